The van der Waals surface area contributed by atoms with E-state index in [1.54, 1.807) is 0 Å². The lowest BCUT2D eigenvalue weighted by Crippen LogP contribution is -2.06. The Kier molecular flexibility index (Phi) is 7.80. The third kappa shape index (κ3) is 5.62. The quantitative estimate of drug-likeness (QED) is 0.168. The smallest absolute Gasteiger partial charge is 0.238 e. The molecule has 0 N–H and O–H groups in total. The van der Waals surface area contributed by atoms with Gasteiger partial charge in [0.25, 0.3) is 0 Å². The van der Waals surface area contributed by atoms with Gasteiger partial charge in [0, 0.05) is 54.7 Å². The highest BCUT2D eigenvalue weighted by molar-refractivity contribution is 6.19. The normalized spacial score (nSPS) is 11.8. The van der Waals surface area contributed by atoms with E-state index in [1.165, 1.54) is 10.8 Å². The van der Waals surface area contributed by atoms with Crippen molar-refractivity contribution in [2.24, 2.45) is 0 Å². The standard InChI is InChI=1S/C57H35N5O/c1-4-17-36(18-5-1)39-23-16-24-40(31-39)56-58-55(38-21-8-3-9-22-38)59-57(60-56)62-50-29-14-11-26-43(50)47-34-46-42-25-10-13-28-49(42)61(51(46)35-52(47)62)41-32-45(37-19-6-2-7-20-37)54-48(33-41)44-27-12-15-30-53(44)63-54/h1-35H. The summed E-state index contributed by atoms with van der Waals surface area (Å²) >= 11 is 0. The predicted molar refractivity (Wildman–Crippen MR) is 258 cm³/mol. The van der Waals surface area contributed by atoms with E-state index in [0.717, 1.165) is 93.8 Å². The van der Waals surface area contributed by atoms with Crippen molar-refractivity contribution < 1.29 is 4.42 Å². The number of fused-ring (bicyclic) bond motifs is 9. The van der Waals surface area contributed by atoms with Gasteiger partial charge in [0.1, 0.15) is 11.2 Å². The fraction of sp³-hybridized carbons (Fsp3) is 0. The SMILES string of the molecule is c1ccc(-c2cccc(-c3nc(-c4ccccc4)nc(-n4c5ccccc5c5cc6c7ccccc7n(-c7cc(-c8ccccc8)c8oc9ccccc9c8c7)c6cc54)n3)c2)cc1. The second kappa shape index (κ2) is 14.0. The average molecular weight is 806 g/mol. The van der Waals surface area contributed by atoms with Crippen LogP contribution in [-0.2, 0) is 0 Å². The van der Waals surface area contributed by atoms with Crippen LogP contribution in [-0.4, -0.2) is 24.1 Å². The van der Waals surface area contributed by atoms with Gasteiger partial charge in [0.15, 0.2) is 11.6 Å². The molecule has 0 atom stereocenters. The van der Waals surface area contributed by atoms with Crippen LogP contribution < -0.4 is 0 Å². The molecule has 0 aliphatic heterocycles. The molecule has 0 saturated heterocycles. The van der Waals surface area contributed by atoms with Gasteiger partial charge in [-0.3, -0.25) is 4.57 Å². The van der Waals surface area contributed by atoms with Crippen LogP contribution in [0.4, 0.5) is 0 Å². The third-order valence-electron chi connectivity index (χ3n) is 12.4. The van der Waals surface area contributed by atoms with E-state index in [2.05, 4.69) is 191 Å². The summed E-state index contributed by atoms with van der Waals surface area (Å²) < 4.78 is 11.2. The van der Waals surface area contributed by atoms with Crippen LogP contribution >= 0.6 is 0 Å². The van der Waals surface area contributed by atoms with E-state index >= 15 is 0 Å². The average Bonchev–Trinajstić information content (AvgIpc) is 4.01. The van der Waals surface area contributed by atoms with Gasteiger partial charge >= 0.3 is 0 Å². The van der Waals surface area contributed by atoms with Gasteiger partial charge in [-0.25, -0.2) is 4.98 Å². The summed E-state index contributed by atoms with van der Waals surface area (Å²) in [6.45, 7) is 0. The minimum Gasteiger partial charge on any atom is -0.455 e. The molecule has 4 aromatic heterocycles. The van der Waals surface area contributed by atoms with E-state index in [-0.39, 0.29) is 0 Å². The van der Waals surface area contributed by atoms with Crippen molar-refractivity contribution in [1.82, 2.24) is 24.1 Å². The predicted octanol–water partition coefficient (Wildman–Crippen LogP) is 14.6. The van der Waals surface area contributed by atoms with Crippen LogP contribution in [0.25, 0.3) is 122 Å². The molecule has 4 heterocycles. The number of hydrogen-bond acceptors (Lipinski definition) is 4. The topological polar surface area (TPSA) is 61.7 Å². The van der Waals surface area contributed by atoms with Crippen molar-refractivity contribution in [3.05, 3.63) is 212 Å². The van der Waals surface area contributed by atoms with Gasteiger partial charge in [0.2, 0.25) is 5.95 Å². The summed E-state index contributed by atoms with van der Waals surface area (Å²) in [5, 5.41) is 6.75. The Morgan fingerprint density at radius 3 is 1.57 bits per heavy atom. The zero-order valence-corrected chi connectivity index (χ0v) is 33.9. The van der Waals surface area contributed by atoms with Gasteiger partial charge in [-0.05, 0) is 65.2 Å². The van der Waals surface area contributed by atoms with Gasteiger partial charge in [-0.2, -0.15) is 9.97 Å². The van der Waals surface area contributed by atoms with Crippen LogP contribution in [0, 0.1) is 0 Å². The third-order valence-corrected chi connectivity index (χ3v) is 12.4. The molecule has 13 rings (SSSR count). The maximum Gasteiger partial charge on any atom is 0.238 e. The summed E-state index contributed by atoms with van der Waals surface area (Å²) in [6, 6.07) is 74.4. The monoisotopic (exact) mass is 805 g/mol. The number of rotatable bonds is 6. The highest BCUT2D eigenvalue weighted by Gasteiger charge is 2.23. The maximum atomic E-state index is 6.62. The van der Waals surface area contributed by atoms with E-state index in [0.29, 0.717) is 17.6 Å². The summed E-state index contributed by atoms with van der Waals surface area (Å²) in [4.78, 5) is 15.8. The zero-order chi connectivity index (χ0) is 41.4. The Hall–Kier alpha value is -8.61. The summed E-state index contributed by atoms with van der Waals surface area (Å²) in [7, 11) is 0. The number of benzene rings is 9. The first-order valence-corrected chi connectivity index (χ1v) is 21.2. The Bertz CT molecular complexity index is 3900. The fourth-order valence-corrected chi connectivity index (χ4v) is 9.48. The second-order valence-electron chi connectivity index (χ2n) is 16.0. The van der Waals surface area contributed by atoms with E-state index < -0.39 is 0 Å². The number of nitrogens with zero attached hydrogens (tertiary/aromatic N) is 5. The molecular weight excluding hydrogens is 771 g/mol. The Morgan fingerprint density at radius 1 is 0.317 bits per heavy atom. The van der Waals surface area contributed by atoms with Gasteiger partial charge in [-0.15, -0.1) is 0 Å². The number of furan rings is 1. The van der Waals surface area contributed by atoms with Gasteiger partial charge in [0.05, 0.1) is 22.1 Å². The molecule has 0 aliphatic carbocycles. The second-order valence-corrected chi connectivity index (χ2v) is 16.0. The van der Waals surface area contributed by atoms with E-state index in [1.807, 2.05) is 30.3 Å². The number of aromatic nitrogens is 5. The van der Waals surface area contributed by atoms with Crippen molar-refractivity contribution in [2.45, 2.75) is 0 Å². The molecule has 63 heavy (non-hydrogen) atoms. The molecule has 0 radical (unpaired) electrons. The first kappa shape index (κ1) is 35.2. The molecule has 0 aliphatic rings. The summed E-state index contributed by atoms with van der Waals surface area (Å²) in [5.41, 5.74) is 13.2. The minimum absolute atomic E-state index is 0.551. The first-order valence-electron chi connectivity index (χ1n) is 21.2. The van der Waals surface area contributed by atoms with Crippen molar-refractivity contribution in [3.8, 4) is 56.7 Å². The molecule has 0 spiro atoms. The lowest BCUT2D eigenvalue weighted by Gasteiger charge is -2.13. The molecule has 13 aromatic rings. The van der Waals surface area contributed by atoms with E-state index in [9.17, 15) is 0 Å². The molecule has 0 amide bonds. The van der Waals surface area contributed by atoms with Crippen molar-refractivity contribution >= 4 is 65.6 Å². The van der Waals surface area contributed by atoms with Crippen molar-refractivity contribution in [3.63, 3.8) is 0 Å². The molecular formula is C57H35N5O. The Balaban J connectivity index is 1.11. The molecule has 6 heteroatoms. The van der Waals surface area contributed by atoms with E-state index in [4.69, 9.17) is 19.4 Å². The fourth-order valence-electron chi connectivity index (χ4n) is 9.48. The number of para-hydroxylation sites is 3. The minimum atomic E-state index is 0.551. The van der Waals surface area contributed by atoms with Crippen LogP contribution in [0.15, 0.2) is 217 Å². The lowest BCUT2D eigenvalue weighted by atomic mass is 10.0. The zero-order valence-electron chi connectivity index (χ0n) is 33.9. The Morgan fingerprint density at radius 2 is 0.857 bits per heavy atom. The molecule has 6 nitrogen and oxygen atoms in total. The van der Waals surface area contributed by atoms with Crippen LogP contribution in [0.3, 0.4) is 0 Å². The first-order chi connectivity index (χ1) is 31.2. The van der Waals surface area contributed by atoms with Crippen molar-refractivity contribution in [1.29, 1.82) is 0 Å². The maximum absolute atomic E-state index is 6.62. The summed E-state index contributed by atoms with van der Waals surface area (Å²) in [6.07, 6.45) is 0. The highest BCUT2D eigenvalue weighted by atomic mass is 16.3. The van der Waals surface area contributed by atoms with Gasteiger partial charge < -0.3 is 8.98 Å². The highest BCUT2D eigenvalue weighted by Crippen LogP contribution is 2.43. The largest absolute Gasteiger partial charge is 0.455 e. The molecule has 0 fully saturated rings. The molecule has 0 bridgehead atoms. The molecule has 0 unspecified atom stereocenters. The van der Waals surface area contributed by atoms with Crippen LogP contribution in [0.1, 0.15) is 0 Å². The lowest BCUT2D eigenvalue weighted by molar-refractivity contribution is 0.670. The molecule has 294 valence electrons. The van der Waals surface area contributed by atoms with Crippen LogP contribution in [0.5, 0.6) is 0 Å². The number of hydrogen-bond donors (Lipinski definition) is 0. The summed E-state index contributed by atoms with van der Waals surface area (Å²) in [5.74, 6) is 1.76. The van der Waals surface area contributed by atoms with Crippen LogP contribution in [0.2, 0.25) is 0 Å². The van der Waals surface area contributed by atoms with Crippen molar-refractivity contribution in [2.75, 3.05) is 0 Å². The Labute approximate surface area is 361 Å². The molecule has 0 saturated carbocycles. The van der Waals surface area contributed by atoms with Gasteiger partial charge in [-0.1, -0.05) is 164 Å². The molecule has 9 aromatic carbocycles.